The first-order valence-electron chi connectivity index (χ1n) is 8.60. The zero-order valence-electron chi connectivity index (χ0n) is 15.2. The third kappa shape index (κ3) is 4.44. The first-order chi connectivity index (χ1) is 13.0. The molecule has 0 aliphatic carbocycles. The summed E-state index contributed by atoms with van der Waals surface area (Å²) in [6, 6.07) is 16.7. The normalized spacial score (nSPS) is 10.6. The Balaban J connectivity index is 1.90. The number of carbonyl (C=O) groups excluding carboxylic acids is 1. The number of benzene rings is 2. The minimum atomic E-state index is -0.255. The molecular formula is C21H20ClN3O2. The molecule has 0 saturated carbocycles. The number of halogens is 1. The second kappa shape index (κ2) is 8.18. The van der Waals surface area contributed by atoms with Gasteiger partial charge < -0.3 is 5.32 Å². The van der Waals surface area contributed by atoms with Crippen molar-refractivity contribution < 1.29 is 4.79 Å². The van der Waals surface area contributed by atoms with Crippen molar-refractivity contribution >= 4 is 17.5 Å². The second-order valence-corrected chi connectivity index (χ2v) is 6.75. The van der Waals surface area contributed by atoms with Crippen molar-refractivity contribution in [2.75, 3.05) is 0 Å². The van der Waals surface area contributed by atoms with Crippen LogP contribution in [0.15, 0.2) is 59.4 Å². The lowest BCUT2D eigenvalue weighted by Crippen LogP contribution is -2.34. The Hall–Kier alpha value is -2.92. The molecule has 5 nitrogen and oxygen atoms in total. The number of hydrogen-bond donors (Lipinski definition) is 1. The number of rotatable bonds is 5. The molecule has 0 atom stereocenters. The Morgan fingerprint density at radius 1 is 1.11 bits per heavy atom. The largest absolute Gasteiger partial charge is 0.350 e. The smallest absolute Gasteiger partial charge is 0.257 e. The maximum atomic E-state index is 12.8. The molecule has 27 heavy (non-hydrogen) atoms. The second-order valence-electron chi connectivity index (χ2n) is 6.31. The lowest BCUT2D eigenvalue weighted by molar-refractivity contribution is -0.121. The van der Waals surface area contributed by atoms with Gasteiger partial charge in [0, 0.05) is 28.4 Å². The quantitative estimate of drug-likeness (QED) is 0.735. The molecule has 1 aromatic heterocycles. The molecule has 1 amide bonds. The Morgan fingerprint density at radius 3 is 2.56 bits per heavy atom. The van der Waals surface area contributed by atoms with Crippen LogP contribution >= 0.6 is 11.6 Å². The number of hydrogen-bond acceptors (Lipinski definition) is 3. The van der Waals surface area contributed by atoms with Gasteiger partial charge in [0.25, 0.3) is 5.56 Å². The van der Waals surface area contributed by atoms with Crippen LogP contribution in [0.25, 0.3) is 11.4 Å². The van der Waals surface area contributed by atoms with E-state index in [1.807, 2.05) is 36.4 Å². The summed E-state index contributed by atoms with van der Waals surface area (Å²) in [5.41, 5.74) is 2.62. The van der Waals surface area contributed by atoms with Crippen molar-refractivity contribution in [1.82, 2.24) is 14.9 Å². The third-order valence-corrected chi connectivity index (χ3v) is 4.59. The van der Waals surface area contributed by atoms with Crippen LogP contribution in [0.4, 0.5) is 0 Å². The lowest BCUT2D eigenvalue weighted by atomic mass is 10.1. The number of carbonyl (C=O) groups is 1. The zero-order chi connectivity index (χ0) is 19.4. The Morgan fingerprint density at radius 2 is 1.85 bits per heavy atom. The number of nitrogens with one attached hydrogen (secondary N) is 1. The Kier molecular flexibility index (Phi) is 5.72. The highest BCUT2D eigenvalue weighted by Crippen LogP contribution is 2.21. The number of aromatic nitrogens is 2. The van der Waals surface area contributed by atoms with Gasteiger partial charge in [-0.1, -0.05) is 54.1 Å². The van der Waals surface area contributed by atoms with E-state index in [2.05, 4.69) is 10.3 Å². The molecule has 1 N–H and O–H groups in total. The van der Waals surface area contributed by atoms with Crippen LogP contribution < -0.4 is 10.9 Å². The van der Waals surface area contributed by atoms with Gasteiger partial charge in [0.05, 0.1) is 0 Å². The van der Waals surface area contributed by atoms with E-state index in [0.29, 0.717) is 34.2 Å². The standard InChI is InChI=1S/C21H20ClN3O2/c1-14-15(2)24-20(17-9-6-10-18(22)11-17)25(21(14)27)13-19(26)23-12-16-7-4-3-5-8-16/h3-11H,12-13H2,1-2H3,(H,23,26). The molecule has 0 fully saturated rings. The van der Waals surface area contributed by atoms with Gasteiger partial charge in [-0.15, -0.1) is 0 Å². The molecular weight excluding hydrogens is 362 g/mol. The SMILES string of the molecule is Cc1nc(-c2cccc(Cl)c2)n(CC(=O)NCc2ccccc2)c(=O)c1C. The van der Waals surface area contributed by atoms with E-state index in [1.165, 1.54) is 4.57 Å². The highest BCUT2D eigenvalue weighted by atomic mass is 35.5. The minimum absolute atomic E-state index is 0.109. The van der Waals surface area contributed by atoms with Gasteiger partial charge in [-0.3, -0.25) is 14.2 Å². The predicted molar refractivity (Wildman–Crippen MR) is 107 cm³/mol. The van der Waals surface area contributed by atoms with E-state index in [1.54, 1.807) is 32.0 Å². The molecule has 0 radical (unpaired) electrons. The highest BCUT2D eigenvalue weighted by Gasteiger charge is 2.16. The Labute approximate surface area is 162 Å². The van der Waals surface area contributed by atoms with Crippen LogP contribution in [0.3, 0.4) is 0 Å². The summed E-state index contributed by atoms with van der Waals surface area (Å²) < 4.78 is 1.40. The van der Waals surface area contributed by atoms with Gasteiger partial charge in [0.1, 0.15) is 12.4 Å². The van der Waals surface area contributed by atoms with E-state index in [4.69, 9.17) is 11.6 Å². The van der Waals surface area contributed by atoms with E-state index in [0.717, 1.165) is 5.56 Å². The van der Waals surface area contributed by atoms with Crippen LogP contribution in [0.5, 0.6) is 0 Å². The average Bonchev–Trinajstić information content (AvgIpc) is 2.67. The van der Waals surface area contributed by atoms with Crippen LogP contribution in [0.2, 0.25) is 5.02 Å². The van der Waals surface area contributed by atoms with Crippen LogP contribution in [0, 0.1) is 13.8 Å². The molecule has 138 valence electrons. The van der Waals surface area contributed by atoms with E-state index < -0.39 is 0 Å². The molecule has 0 saturated heterocycles. The fourth-order valence-electron chi connectivity index (χ4n) is 2.75. The summed E-state index contributed by atoms with van der Waals surface area (Å²) >= 11 is 6.09. The molecule has 0 unspecified atom stereocenters. The van der Waals surface area contributed by atoms with Gasteiger partial charge >= 0.3 is 0 Å². The molecule has 0 bridgehead atoms. The van der Waals surface area contributed by atoms with Crippen molar-refractivity contribution in [3.63, 3.8) is 0 Å². The molecule has 0 aliphatic heterocycles. The molecule has 2 aromatic carbocycles. The monoisotopic (exact) mass is 381 g/mol. The number of aryl methyl sites for hydroxylation is 1. The summed E-state index contributed by atoms with van der Waals surface area (Å²) in [5.74, 6) is 0.176. The van der Waals surface area contributed by atoms with Crippen molar-refractivity contribution in [3.05, 3.63) is 86.8 Å². The summed E-state index contributed by atoms with van der Waals surface area (Å²) in [7, 11) is 0. The van der Waals surface area contributed by atoms with Gasteiger partial charge in [-0.2, -0.15) is 0 Å². The predicted octanol–water partition coefficient (Wildman–Crippen LogP) is 3.50. The Bertz CT molecular complexity index is 1030. The van der Waals surface area contributed by atoms with Crippen LogP contribution in [-0.4, -0.2) is 15.5 Å². The van der Waals surface area contributed by atoms with Crippen LogP contribution in [0.1, 0.15) is 16.8 Å². The molecule has 0 spiro atoms. The maximum Gasteiger partial charge on any atom is 0.257 e. The molecule has 6 heteroatoms. The fourth-order valence-corrected chi connectivity index (χ4v) is 2.94. The third-order valence-electron chi connectivity index (χ3n) is 4.35. The van der Waals surface area contributed by atoms with Gasteiger partial charge in [0.2, 0.25) is 5.91 Å². The first-order valence-corrected chi connectivity index (χ1v) is 8.98. The van der Waals surface area contributed by atoms with Gasteiger partial charge in [-0.05, 0) is 31.5 Å². The highest BCUT2D eigenvalue weighted by molar-refractivity contribution is 6.30. The molecule has 3 rings (SSSR count). The summed E-state index contributed by atoms with van der Waals surface area (Å²) in [6.45, 7) is 3.79. The fraction of sp³-hybridized carbons (Fsp3) is 0.190. The summed E-state index contributed by atoms with van der Waals surface area (Å²) in [4.78, 5) is 29.8. The van der Waals surface area contributed by atoms with Crippen molar-refractivity contribution in [2.45, 2.75) is 26.9 Å². The van der Waals surface area contributed by atoms with E-state index in [9.17, 15) is 9.59 Å². The van der Waals surface area contributed by atoms with E-state index in [-0.39, 0.29) is 18.0 Å². The van der Waals surface area contributed by atoms with Gasteiger partial charge in [-0.25, -0.2) is 4.98 Å². The van der Waals surface area contributed by atoms with E-state index >= 15 is 0 Å². The van der Waals surface area contributed by atoms with Crippen molar-refractivity contribution in [1.29, 1.82) is 0 Å². The first kappa shape index (κ1) is 18.9. The van der Waals surface area contributed by atoms with Crippen molar-refractivity contribution in [2.24, 2.45) is 0 Å². The average molecular weight is 382 g/mol. The molecule has 3 aromatic rings. The molecule has 1 heterocycles. The zero-order valence-corrected chi connectivity index (χ0v) is 16.0. The maximum absolute atomic E-state index is 12.8. The number of amides is 1. The molecule has 0 aliphatic rings. The lowest BCUT2D eigenvalue weighted by Gasteiger charge is -2.15. The van der Waals surface area contributed by atoms with Gasteiger partial charge in [0.15, 0.2) is 0 Å². The number of nitrogens with zero attached hydrogens (tertiary/aromatic N) is 2. The van der Waals surface area contributed by atoms with Crippen molar-refractivity contribution in [3.8, 4) is 11.4 Å². The summed E-state index contributed by atoms with van der Waals surface area (Å²) in [5, 5.41) is 3.39. The topological polar surface area (TPSA) is 64.0 Å². The summed E-state index contributed by atoms with van der Waals surface area (Å²) in [6.07, 6.45) is 0. The van der Waals surface area contributed by atoms with Crippen LogP contribution in [-0.2, 0) is 17.9 Å². The minimum Gasteiger partial charge on any atom is -0.350 e.